The molecule has 3 atom stereocenters. The van der Waals surface area contributed by atoms with Crippen LogP contribution in [-0.4, -0.2) is 24.8 Å². The largest absolute Gasteiger partial charge is 0.375 e. The molecule has 1 spiro atoms. The lowest BCUT2D eigenvalue weighted by Gasteiger charge is -2.45. The summed E-state index contributed by atoms with van der Waals surface area (Å²) in [6, 6.07) is 0.878. The van der Waals surface area contributed by atoms with Crippen LogP contribution in [0.2, 0.25) is 0 Å². The highest BCUT2D eigenvalue weighted by molar-refractivity contribution is 4.95. The molecule has 2 nitrogen and oxygen atoms in total. The second kappa shape index (κ2) is 6.20. The van der Waals surface area contributed by atoms with E-state index in [1.807, 2.05) is 0 Å². The molecule has 1 saturated heterocycles. The van der Waals surface area contributed by atoms with Crippen molar-refractivity contribution in [3.05, 3.63) is 0 Å². The molecule has 4 aliphatic rings. The van der Waals surface area contributed by atoms with Crippen molar-refractivity contribution in [2.24, 2.45) is 17.8 Å². The van der Waals surface area contributed by atoms with E-state index in [2.05, 4.69) is 5.32 Å². The summed E-state index contributed by atoms with van der Waals surface area (Å²) in [5.41, 5.74) is 0.314. The second-order valence-corrected chi connectivity index (χ2v) is 8.38. The Morgan fingerprint density at radius 3 is 2.52 bits per heavy atom. The first-order valence-corrected chi connectivity index (χ1v) is 9.72. The smallest absolute Gasteiger partial charge is 0.0685 e. The third-order valence-corrected chi connectivity index (χ3v) is 6.87. The van der Waals surface area contributed by atoms with Gasteiger partial charge in [-0.15, -0.1) is 0 Å². The van der Waals surface area contributed by atoms with Gasteiger partial charge in [-0.2, -0.15) is 0 Å². The lowest BCUT2D eigenvalue weighted by molar-refractivity contribution is -0.108. The molecule has 0 aromatic heterocycles. The maximum absolute atomic E-state index is 6.28. The quantitative estimate of drug-likeness (QED) is 0.834. The van der Waals surface area contributed by atoms with Crippen molar-refractivity contribution in [1.29, 1.82) is 0 Å². The number of rotatable bonds is 4. The van der Waals surface area contributed by atoms with Gasteiger partial charge in [0.1, 0.15) is 0 Å². The molecule has 4 fully saturated rings. The molecule has 1 N–H and O–H groups in total. The van der Waals surface area contributed by atoms with Gasteiger partial charge in [0, 0.05) is 12.6 Å². The summed E-state index contributed by atoms with van der Waals surface area (Å²) >= 11 is 0. The van der Waals surface area contributed by atoms with Crippen LogP contribution in [-0.2, 0) is 4.74 Å². The summed E-state index contributed by atoms with van der Waals surface area (Å²) in [6.07, 6.45) is 17.0. The zero-order valence-corrected chi connectivity index (χ0v) is 13.6. The van der Waals surface area contributed by atoms with E-state index in [1.54, 1.807) is 0 Å². The molecule has 120 valence electrons. The van der Waals surface area contributed by atoms with Crippen LogP contribution in [0.3, 0.4) is 0 Å². The summed E-state index contributed by atoms with van der Waals surface area (Å²) in [5, 5.41) is 3.83. The predicted molar refractivity (Wildman–Crippen MR) is 86.3 cm³/mol. The summed E-state index contributed by atoms with van der Waals surface area (Å²) in [6.45, 7) is 2.35. The average molecular weight is 291 g/mol. The maximum atomic E-state index is 6.28. The van der Waals surface area contributed by atoms with Crippen LogP contribution in [0.15, 0.2) is 0 Å². The summed E-state index contributed by atoms with van der Waals surface area (Å²) in [7, 11) is 0. The minimum Gasteiger partial charge on any atom is -0.375 e. The van der Waals surface area contributed by atoms with E-state index >= 15 is 0 Å². The van der Waals surface area contributed by atoms with Gasteiger partial charge in [0.2, 0.25) is 0 Å². The monoisotopic (exact) mass is 291 g/mol. The first-order valence-electron chi connectivity index (χ1n) is 9.72. The number of hydrogen-bond acceptors (Lipinski definition) is 2. The number of nitrogens with one attached hydrogen (secondary N) is 1. The molecule has 0 aromatic carbocycles. The van der Waals surface area contributed by atoms with E-state index in [1.165, 1.54) is 83.6 Å². The lowest BCUT2D eigenvalue weighted by atomic mass is 9.67. The van der Waals surface area contributed by atoms with Crippen LogP contribution in [0.25, 0.3) is 0 Å². The molecule has 3 unspecified atom stereocenters. The third-order valence-electron chi connectivity index (χ3n) is 6.87. The van der Waals surface area contributed by atoms with Gasteiger partial charge in [0.05, 0.1) is 5.60 Å². The molecule has 0 radical (unpaired) electrons. The van der Waals surface area contributed by atoms with Crippen LogP contribution in [0.1, 0.15) is 77.0 Å². The Bertz CT molecular complexity index is 345. The highest BCUT2D eigenvalue weighted by atomic mass is 16.5. The van der Waals surface area contributed by atoms with Crippen molar-refractivity contribution in [2.45, 2.75) is 88.7 Å². The Balaban J connectivity index is 1.39. The summed E-state index contributed by atoms with van der Waals surface area (Å²) < 4.78 is 6.28. The van der Waals surface area contributed by atoms with E-state index in [9.17, 15) is 0 Å². The first-order chi connectivity index (χ1) is 10.3. The molecule has 3 aliphatic carbocycles. The molecule has 21 heavy (non-hydrogen) atoms. The minimum atomic E-state index is 0.314. The van der Waals surface area contributed by atoms with Gasteiger partial charge in [-0.25, -0.2) is 0 Å². The molecule has 0 amide bonds. The SMILES string of the molecule is C1CCC(C2CCOC3(CCCC3)C2)C(CNC2CC2)C1. The Hall–Kier alpha value is -0.0800. The van der Waals surface area contributed by atoms with Gasteiger partial charge >= 0.3 is 0 Å². The lowest BCUT2D eigenvalue weighted by Crippen LogP contribution is -2.43. The topological polar surface area (TPSA) is 21.3 Å². The van der Waals surface area contributed by atoms with Gasteiger partial charge in [-0.1, -0.05) is 25.7 Å². The van der Waals surface area contributed by atoms with Crippen molar-refractivity contribution >= 4 is 0 Å². The van der Waals surface area contributed by atoms with E-state index in [4.69, 9.17) is 4.74 Å². The third kappa shape index (κ3) is 3.32. The van der Waals surface area contributed by atoms with Crippen molar-refractivity contribution < 1.29 is 4.74 Å². The molecule has 3 saturated carbocycles. The van der Waals surface area contributed by atoms with Gasteiger partial charge < -0.3 is 10.1 Å². The zero-order valence-electron chi connectivity index (χ0n) is 13.6. The normalized spacial score (nSPS) is 39.7. The van der Waals surface area contributed by atoms with Crippen molar-refractivity contribution in [3.63, 3.8) is 0 Å². The molecular weight excluding hydrogens is 258 g/mol. The molecule has 1 aliphatic heterocycles. The Labute approximate surface area is 130 Å². The summed E-state index contributed by atoms with van der Waals surface area (Å²) in [5.74, 6) is 2.91. The van der Waals surface area contributed by atoms with Crippen LogP contribution < -0.4 is 5.32 Å². The van der Waals surface area contributed by atoms with E-state index in [0.29, 0.717) is 5.60 Å². The Morgan fingerprint density at radius 1 is 0.905 bits per heavy atom. The van der Waals surface area contributed by atoms with Gasteiger partial charge in [-0.05, 0) is 75.7 Å². The molecule has 0 aromatic rings. The van der Waals surface area contributed by atoms with Crippen LogP contribution in [0.4, 0.5) is 0 Å². The van der Waals surface area contributed by atoms with Crippen LogP contribution in [0.5, 0.6) is 0 Å². The van der Waals surface area contributed by atoms with Crippen molar-refractivity contribution in [3.8, 4) is 0 Å². The second-order valence-electron chi connectivity index (χ2n) is 8.38. The fourth-order valence-electron chi connectivity index (χ4n) is 5.51. The predicted octanol–water partition coefficient (Wildman–Crippen LogP) is 4.28. The van der Waals surface area contributed by atoms with Crippen LogP contribution in [0, 0.1) is 17.8 Å². The molecular formula is C19H33NO. The van der Waals surface area contributed by atoms with E-state index < -0.39 is 0 Å². The standard InChI is InChI=1S/C19H33NO/c1-2-6-18(16(5-1)14-20-17-7-8-17)15-9-12-21-19(13-15)10-3-4-11-19/h15-18,20H,1-14H2. The molecule has 1 heterocycles. The van der Waals surface area contributed by atoms with Gasteiger partial charge in [-0.3, -0.25) is 0 Å². The zero-order chi connectivity index (χ0) is 14.1. The first kappa shape index (κ1) is 14.5. The van der Waals surface area contributed by atoms with Crippen LogP contribution >= 0.6 is 0 Å². The van der Waals surface area contributed by atoms with Gasteiger partial charge in [0.15, 0.2) is 0 Å². The molecule has 0 bridgehead atoms. The van der Waals surface area contributed by atoms with E-state index in [0.717, 1.165) is 30.4 Å². The fraction of sp³-hybridized carbons (Fsp3) is 1.00. The highest BCUT2D eigenvalue weighted by Crippen LogP contribution is 2.47. The van der Waals surface area contributed by atoms with Gasteiger partial charge in [0.25, 0.3) is 0 Å². The minimum absolute atomic E-state index is 0.314. The summed E-state index contributed by atoms with van der Waals surface area (Å²) in [4.78, 5) is 0. The Kier molecular flexibility index (Phi) is 4.28. The molecule has 2 heteroatoms. The molecule has 4 rings (SSSR count). The average Bonchev–Trinajstić information content (AvgIpc) is 3.26. The number of hydrogen-bond donors (Lipinski definition) is 1. The van der Waals surface area contributed by atoms with Crippen molar-refractivity contribution in [1.82, 2.24) is 5.32 Å². The van der Waals surface area contributed by atoms with Crippen molar-refractivity contribution in [2.75, 3.05) is 13.2 Å². The highest BCUT2D eigenvalue weighted by Gasteiger charge is 2.43. The van der Waals surface area contributed by atoms with E-state index in [-0.39, 0.29) is 0 Å². The number of ether oxygens (including phenoxy) is 1. The Morgan fingerprint density at radius 2 is 1.71 bits per heavy atom. The fourth-order valence-corrected chi connectivity index (χ4v) is 5.51. The maximum Gasteiger partial charge on any atom is 0.0685 e.